The highest BCUT2D eigenvalue weighted by atomic mass is 127. The summed E-state index contributed by atoms with van der Waals surface area (Å²) >= 11 is 2.36. The average molecular weight is 375 g/mol. The summed E-state index contributed by atoms with van der Waals surface area (Å²) in [6.07, 6.45) is 3.61. The molecule has 0 fully saturated rings. The van der Waals surface area contributed by atoms with E-state index in [1.165, 1.54) is 22.0 Å². The molecule has 1 atom stereocenters. The highest BCUT2D eigenvalue weighted by molar-refractivity contribution is 14.1. The SMILES string of the molecule is CCCC(C)(CNCCOC)Cc1ccc(I)cc1. The molecule has 0 spiro atoms. The second-order valence-corrected chi connectivity index (χ2v) is 6.78. The van der Waals surface area contributed by atoms with Gasteiger partial charge in [0.1, 0.15) is 0 Å². The van der Waals surface area contributed by atoms with Crippen LogP contribution in [0.4, 0.5) is 0 Å². The van der Waals surface area contributed by atoms with Crippen molar-refractivity contribution in [2.45, 2.75) is 33.1 Å². The normalized spacial score (nSPS) is 14.3. The van der Waals surface area contributed by atoms with E-state index in [0.29, 0.717) is 5.41 Å². The van der Waals surface area contributed by atoms with E-state index in [1.54, 1.807) is 7.11 Å². The standard InChI is InChI=1S/C16H26INO/c1-4-9-16(2,13-18-10-11-19-3)12-14-5-7-15(17)8-6-14/h5-8,18H,4,9-13H2,1-3H3. The smallest absolute Gasteiger partial charge is 0.0587 e. The zero-order valence-electron chi connectivity index (χ0n) is 12.3. The molecule has 0 aromatic heterocycles. The van der Waals surface area contributed by atoms with Gasteiger partial charge in [-0.15, -0.1) is 0 Å². The molecule has 19 heavy (non-hydrogen) atoms. The Labute approximate surface area is 131 Å². The molecule has 1 N–H and O–H groups in total. The fourth-order valence-corrected chi connectivity index (χ4v) is 2.86. The van der Waals surface area contributed by atoms with Crippen LogP contribution in [0.3, 0.4) is 0 Å². The van der Waals surface area contributed by atoms with Gasteiger partial charge in [0.2, 0.25) is 0 Å². The summed E-state index contributed by atoms with van der Waals surface area (Å²) in [5.74, 6) is 0. The molecule has 0 aliphatic rings. The Morgan fingerprint density at radius 2 is 1.95 bits per heavy atom. The van der Waals surface area contributed by atoms with Crippen molar-refractivity contribution < 1.29 is 4.74 Å². The molecule has 1 rings (SSSR count). The van der Waals surface area contributed by atoms with Gasteiger partial charge in [-0.2, -0.15) is 0 Å². The van der Waals surface area contributed by atoms with E-state index in [2.05, 4.69) is 66.0 Å². The van der Waals surface area contributed by atoms with Crippen LogP contribution in [0.1, 0.15) is 32.3 Å². The van der Waals surface area contributed by atoms with Crippen molar-refractivity contribution in [2.75, 3.05) is 26.8 Å². The van der Waals surface area contributed by atoms with Gasteiger partial charge >= 0.3 is 0 Å². The number of benzene rings is 1. The molecule has 0 amide bonds. The molecule has 0 saturated carbocycles. The number of methoxy groups -OCH3 is 1. The second kappa shape index (κ2) is 8.93. The van der Waals surface area contributed by atoms with Gasteiger partial charge in [0.25, 0.3) is 0 Å². The number of halogens is 1. The second-order valence-electron chi connectivity index (χ2n) is 5.53. The summed E-state index contributed by atoms with van der Waals surface area (Å²) in [6, 6.07) is 8.90. The van der Waals surface area contributed by atoms with E-state index >= 15 is 0 Å². The van der Waals surface area contributed by atoms with E-state index in [-0.39, 0.29) is 0 Å². The van der Waals surface area contributed by atoms with Crippen LogP contribution in [0, 0.1) is 8.99 Å². The van der Waals surface area contributed by atoms with E-state index in [9.17, 15) is 0 Å². The predicted molar refractivity (Wildman–Crippen MR) is 90.6 cm³/mol. The van der Waals surface area contributed by atoms with E-state index in [1.807, 2.05) is 0 Å². The Kier molecular flexibility index (Phi) is 7.95. The number of hydrogen-bond donors (Lipinski definition) is 1. The molecule has 1 aromatic rings. The van der Waals surface area contributed by atoms with Crippen molar-refractivity contribution in [3.63, 3.8) is 0 Å². The third-order valence-corrected chi connectivity index (χ3v) is 4.15. The zero-order chi connectivity index (χ0) is 14.1. The number of rotatable bonds is 9. The first kappa shape index (κ1) is 16.9. The summed E-state index contributed by atoms with van der Waals surface area (Å²) in [5, 5.41) is 3.52. The lowest BCUT2D eigenvalue weighted by Gasteiger charge is -2.30. The minimum absolute atomic E-state index is 0.329. The summed E-state index contributed by atoms with van der Waals surface area (Å²) in [6.45, 7) is 7.42. The van der Waals surface area contributed by atoms with Crippen LogP contribution in [0.15, 0.2) is 24.3 Å². The molecule has 108 valence electrons. The third-order valence-electron chi connectivity index (χ3n) is 3.43. The quantitative estimate of drug-likeness (QED) is 0.523. The van der Waals surface area contributed by atoms with E-state index in [0.717, 1.165) is 26.1 Å². The summed E-state index contributed by atoms with van der Waals surface area (Å²) < 4.78 is 6.39. The molecule has 2 nitrogen and oxygen atoms in total. The highest BCUT2D eigenvalue weighted by Gasteiger charge is 2.23. The van der Waals surface area contributed by atoms with Gasteiger partial charge < -0.3 is 10.1 Å². The van der Waals surface area contributed by atoms with Crippen molar-refractivity contribution in [3.8, 4) is 0 Å². The van der Waals surface area contributed by atoms with Crippen LogP contribution in [0.2, 0.25) is 0 Å². The van der Waals surface area contributed by atoms with Gasteiger partial charge in [-0.05, 0) is 58.5 Å². The Bertz CT molecular complexity index is 352. The molecular weight excluding hydrogens is 349 g/mol. The molecular formula is C16H26INO. The molecule has 1 aromatic carbocycles. The maximum absolute atomic E-state index is 5.08. The Morgan fingerprint density at radius 1 is 1.26 bits per heavy atom. The van der Waals surface area contributed by atoms with Crippen LogP contribution in [-0.2, 0) is 11.2 Å². The summed E-state index contributed by atoms with van der Waals surface area (Å²) in [7, 11) is 1.75. The summed E-state index contributed by atoms with van der Waals surface area (Å²) in [4.78, 5) is 0. The van der Waals surface area contributed by atoms with Crippen molar-refractivity contribution in [1.82, 2.24) is 5.32 Å². The van der Waals surface area contributed by atoms with Crippen molar-refractivity contribution in [1.29, 1.82) is 0 Å². The van der Waals surface area contributed by atoms with Crippen molar-refractivity contribution >= 4 is 22.6 Å². The fourth-order valence-electron chi connectivity index (χ4n) is 2.50. The van der Waals surface area contributed by atoms with Gasteiger partial charge in [-0.1, -0.05) is 32.4 Å². The Balaban J connectivity index is 2.56. The Hall–Kier alpha value is -0.130. The fraction of sp³-hybridized carbons (Fsp3) is 0.625. The number of hydrogen-bond acceptors (Lipinski definition) is 2. The minimum atomic E-state index is 0.329. The molecule has 0 aliphatic heterocycles. The van der Waals surface area contributed by atoms with Crippen LogP contribution >= 0.6 is 22.6 Å². The van der Waals surface area contributed by atoms with Gasteiger partial charge in [0.15, 0.2) is 0 Å². The molecule has 0 heterocycles. The Morgan fingerprint density at radius 3 is 2.53 bits per heavy atom. The summed E-state index contributed by atoms with van der Waals surface area (Å²) in [5.41, 5.74) is 1.76. The van der Waals surface area contributed by atoms with Gasteiger partial charge in [0, 0.05) is 23.8 Å². The molecule has 0 bridgehead atoms. The maximum atomic E-state index is 5.08. The first-order valence-corrected chi connectivity index (χ1v) is 8.11. The molecule has 0 radical (unpaired) electrons. The lowest BCUT2D eigenvalue weighted by molar-refractivity contribution is 0.190. The van der Waals surface area contributed by atoms with Crippen molar-refractivity contribution in [2.24, 2.45) is 5.41 Å². The molecule has 3 heteroatoms. The first-order valence-electron chi connectivity index (χ1n) is 7.04. The maximum Gasteiger partial charge on any atom is 0.0587 e. The monoisotopic (exact) mass is 375 g/mol. The van der Waals surface area contributed by atoms with Crippen LogP contribution in [0.5, 0.6) is 0 Å². The first-order chi connectivity index (χ1) is 9.09. The molecule has 0 saturated heterocycles. The van der Waals surface area contributed by atoms with Crippen LogP contribution in [0.25, 0.3) is 0 Å². The van der Waals surface area contributed by atoms with Gasteiger partial charge in [-0.3, -0.25) is 0 Å². The van der Waals surface area contributed by atoms with Crippen LogP contribution < -0.4 is 5.32 Å². The van der Waals surface area contributed by atoms with E-state index < -0.39 is 0 Å². The highest BCUT2D eigenvalue weighted by Crippen LogP contribution is 2.27. The number of nitrogens with one attached hydrogen (secondary N) is 1. The number of ether oxygens (including phenoxy) is 1. The van der Waals surface area contributed by atoms with Gasteiger partial charge in [0.05, 0.1) is 6.61 Å². The van der Waals surface area contributed by atoms with Crippen LogP contribution in [-0.4, -0.2) is 26.8 Å². The lowest BCUT2D eigenvalue weighted by atomic mass is 9.79. The van der Waals surface area contributed by atoms with Gasteiger partial charge in [-0.25, -0.2) is 0 Å². The van der Waals surface area contributed by atoms with E-state index in [4.69, 9.17) is 4.74 Å². The predicted octanol–water partition coefficient (Wildman–Crippen LogP) is 3.88. The van der Waals surface area contributed by atoms with Crippen molar-refractivity contribution in [3.05, 3.63) is 33.4 Å². The lowest BCUT2D eigenvalue weighted by Crippen LogP contribution is -2.35. The largest absolute Gasteiger partial charge is 0.383 e. The molecule has 0 aliphatic carbocycles. The molecule has 1 unspecified atom stereocenters. The average Bonchev–Trinajstić information content (AvgIpc) is 2.38. The third kappa shape index (κ3) is 6.72. The minimum Gasteiger partial charge on any atom is -0.383 e. The topological polar surface area (TPSA) is 21.3 Å². The zero-order valence-corrected chi connectivity index (χ0v) is 14.5.